The molecule has 120 valence electrons. The second-order valence-electron chi connectivity index (χ2n) is 5.36. The van der Waals surface area contributed by atoms with Crippen molar-refractivity contribution in [3.8, 4) is 0 Å². The Bertz CT molecular complexity index is 958. The number of rotatable bonds is 4. The second-order valence-corrected chi connectivity index (χ2v) is 6.36. The summed E-state index contributed by atoms with van der Waals surface area (Å²) in [6, 6.07) is 1.99. The third kappa shape index (κ3) is 2.90. The van der Waals surface area contributed by atoms with Crippen molar-refractivity contribution in [2.45, 2.75) is 20.0 Å². The molecule has 0 fully saturated rings. The molecule has 7 heteroatoms. The predicted molar refractivity (Wildman–Crippen MR) is 91.9 cm³/mol. The normalized spacial score (nSPS) is 13.4. The van der Waals surface area contributed by atoms with E-state index in [2.05, 4.69) is 9.97 Å². The van der Waals surface area contributed by atoms with Gasteiger partial charge in [-0.1, -0.05) is 0 Å². The molecule has 3 rings (SSSR count). The van der Waals surface area contributed by atoms with Gasteiger partial charge in [0, 0.05) is 24.4 Å². The monoisotopic (exact) mass is 331 g/mol. The Morgan fingerprint density at radius 1 is 1.48 bits per heavy atom. The predicted octanol–water partition coefficient (Wildman–Crippen LogP) is 2.10. The summed E-state index contributed by atoms with van der Waals surface area (Å²) >= 11 is 1.35. The first-order valence-corrected chi connectivity index (χ1v) is 7.96. The minimum Gasteiger partial charge on any atom is -0.387 e. The zero-order valence-corrected chi connectivity index (χ0v) is 13.9. The molecule has 1 N–H and O–H groups in total. The van der Waals surface area contributed by atoms with E-state index in [4.69, 9.17) is 4.74 Å². The minimum atomic E-state index is -0.767. The van der Waals surface area contributed by atoms with Crippen LogP contribution < -0.4 is 5.56 Å². The van der Waals surface area contributed by atoms with Crippen molar-refractivity contribution >= 4 is 38.0 Å². The SMILES string of the molecule is COCC(O)/C=C/n1cnc2c(sc3nc(C)cc(C)c32)c1=O. The summed E-state index contributed by atoms with van der Waals surface area (Å²) in [7, 11) is 1.51. The molecule has 1 atom stereocenters. The topological polar surface area (TPSA) is 77.2 Å². The van der Waals surface area contributed by atoms with Crippen molar-refractivity contribution in [2.24, 2.45) is 0 Å². The molecule has 0 aliphatic heterocycles. The maximum Gasteiger partial charge on any atom is 0.275 e. The van der Waals surface area contributed by atoms with Crippen molar-refractivity contribution in [1.82, 2.24) is 14.5 Å². The summed E-state index contributed by atoms with van der Waals surface area (Å²) in [6.07, 6.45) is 3.71. The fourth-order valence-corrected chi connectivity index (χ4v) is 3.69. The fraction of sp³-hybridized carbons (Fsp3) is 0.312. The highest BCUT2D eigenvalue weighted by atomic mass is 32.1. The Morgan fingerprint density at radius 3 is 3.00 bits per heavy atom. The van der Waals surface area contributed by atoms with Gasteiger partial charge in [-0.05, 0) is 31.6 Å². The van der Waals surface area contributed by atoms with Crippen LogP contribution in [0.1, 0.15) is 11.3 Å². The van der Waals surface area contributed by atoms with Crippen LogP contribution in [-0.2, 0) is 4.74 Å². The highest BCUT2D eigenvalue weighted by Gasteiger charge is 2.14. The zero-order valence-electron chi connectivity index (χ0n) is 13.1. The van der Waals surface area contributed by atoms with Gasteiger partial charge in [0.05, 0.1) is 18.2 Å². The van der Waals surface area contributed by atoms with Gasteiger partial charge in [0.2, 0.25) is 0 Å². The first-order chi connectivity index (χ1) is 11.0. The van der Waals surface area contributed by atoms with Gasteiger partial charge in [0.15, 0.2) is 0 Å². The summed E-state index contributed by atoms with van der Waals surface area (Å²) in [5, 5.41) is 10.6. The highest BCUT2D eigenvalue weighted by Crippen LogP contribution is 2.31. The van der Waals surface area contributed by atoms with Crippen LogP contribution in [0.2, 0.25) is 0 Å². The van der Waals surface area contributed by atoms with E-state index < -0.39 is 6.10 Å². The van der Waals surface area contributed by atoms with E-state index in [9.17, 15) is 9.90 Å². The molecular weight excluding hydrogens is 314 g/mol. The number of pyridine rings is 1. The van der Waals surface area contributed by atoms with Crippen LogP contribution in [0.15, 0.2) is 23.3 Å². The summed E-state index contributed by atoms with van der Waals surface area (Å²) in [5.74, 6) is 0. The molecule has 3 heterocycles. The molecule has 0 aliphatic carbocycles. The summed E-state index contributed by atoms with van der Waals surface area (Å²) in [4.78, 5) is 22.3. The lowest BCUT2D eigenvalue weighted by atomic mass is 10.1. The molecule has 0 aliphatic rings. The van der Waals surface area contributed by atoms with Gasteiger partial charge in [0.1, 0.15) is 15.9 Å². The molecule has 6 nitrogen and oxygen atoms in total. The molecule has 3 aromatic rings. The van der Waals surface area contributed by atoms with Gasteiger partial charge in [-0.25, -0.2) is 9.97 Å². The molecule has 0 bridgehead atoms. The van der Waals surface area contributed by atoms with Crippen LogP contribution in [0.4, 0.5) is 0 Å². The molecule has 0 saturated heterocycles. The van der Waals surface area contributed by atoms with Crippen molar-refractivity contribution in [2.75, 3.05) is 13.7 Å². The van der Waals surface area contributed by atoms with Gasteiger partial charge in [0.25, 0.3) is 5.56 Å². The molecule has 0 amide bonds. The van der Waals surface area contributed by atoms with E-state index in [1.165, 1.54) is 41.6 Å². The van der Waals surface area contributed by atoms with Crippen LogP contribution in [0.5, 0.6) is 0 Å². The lowest BCUT2D eigenvalue weighted by molar-refractivity contribution is 0.0936. The van der Waals surface area contributed by atoms with Crippen LogP contribution in [0, 0.1) is 13.8 Å². The molecule has 0 radical (unpaired) electrons. The standard InChI is InChI=1S/C16H17N3O3S/c1-9-6-10(2)18-15-12(9)13-14(23-15)16(21)19(8-17-13)5-4-11(20)7-22-3/h4-6,8,11,20H,7H2,1-3H3/b5-4+. The lowest BCUT2D eigenvalue weighted by Gasteiger charge is -2.03. The number of thiophene rings is 1. The molecule has 0 spiro atoms. The molecule has 1 unspecified atom stereocenters. The minimum absolute atomic E-state index is 0.170. The third-order valence-corrected chi connectivity index (χ3v) is 4.57. The lowest BCUT2D eigenvalue weighted by Crippen LogP contribution is -2.16. The average Bonchev–Trinajstić information content (AvgIpc) is 2.86. The Hall–Kier alpha value is -2.09. The van der Waals surface area contributed by atoms with Crippen LogP contribution in [0.3, 0.4) is 0 Å². The number of ether oxygens (including phenoxy) is 1. The fourth-order valence-electron chi connectivity index (χ4n) is 2.51. The van der Waals surface area contributed by atoms with E-state index in [0.29, 0.717) is 10.2 Å². The van der Waals surface area contributed by atoms with Crippen molar-refractivity contribution in [3.63, 3.8) is 0 Å². The van der Waals surface area contributed by atoms with Gasteiger partial charge >= 0.3 is 0 Å². The molecule has 0 saturated carbocycles. The Balaban J connectivity index is 2.15. The summed E-state index contributed by atoms with van der Waals surface area (Å²) < 4.78 is 6.77. The number of fused-ring (bicyclic) bond motifs is 3. The number of hydrogen-bond donors (Lipinski definition) is 1. The van der Waals surface area contributed by atoms with E-state index in [0.717, 1.165) is 21.5 Å². The molecular formula is C16H17N3O3S. The highest BCUT2D eigenvalue weighted by molar-refractivity contribution is 7.25. The van der Waals surface area contributed by atoms with Gasteiger partial charge < -0.3 is 9.84 Å². The number of nitrogens with zero attached hydrogens (tertiary/aromatic N) is 3. The number of aliphatic hydroxyl groups is 1. The van der Waals surface area contributed by atoms with Gasteiger partial charge in [-0.15, -0.1) is 11.3 Å². The first kappa shape index (κ1) is 15.8. The maximum absolute atomic E-state index is 12.6. The van der Waals surface area contributed by atoms with E-state index in [1.54, 1.807) is 0 Å². The van der Waals surface area contributed by atoms with Crippen molar-refractivity contribution < 1.29 is 9.84 Å². The van der Waals surface area contributed by atoms with E-state index >= 15 is 0 Å². The maximum atomic E-state index is 12.6. The summed E-state index contributed by atoms with van der Waals surface area (Å²) in [6.45, 7) is 4.10. The first-order valence-electron chi connectivity index (χ1n) is 7.14. The number of methoxy groups -OCH3 is 1. The van der Waals surface area contributed by atoms with Crippen molar-refractivity contribution in [1.29, 1.82) is 0 Å². The number of aliphatic hydroxyl groups excluding tert-OH is 1. The largest absolute Gasteiger partial charge is 0.387 e. The number of aromatic nitrogens is 3. The Labute approximate surface area is 136 Å². The van der Waals surface area contributed by atoms with Gasteiger partial charge in [-0.2, -0.15) is 0 Å². The molecule has 0 aromatic carbocycles. The van der Waals surface area contributed by atoms with Crippen LogP contribution in [-0.4, -0.2) is 39.5 Å². The summed E-state index contributed by atoms with van der Waals surface area (Å²) in [5.41, 5.74) is 2.50. The van der Waals surface area contributed by atoms with Gasteiger partial charge in [-0.3, -0.25) is 9.36 Å². The van der Waals surface area contributed by atoms with Crippen LogP contribution >= 0.6 is 11.3 Å². The third-order valence-electron chi connectivity index (χ3n) is 3.51. The molecule has 3 aromatic heterocycles. The average molecular weight is 331 g/mol. The Morgan fingerprint density at radius 2 is 2.26 bits per heavy atom. The van der Waals surface area contributed by atoms with Crippen LogP contribution in [0.25, 0.3) is 26.6 Å². The number of hydrogen-bond acceptors (Lipinski definition) is 6. The Kier molecular flexibility index (Phi) is 4.25. The second kappa shape index (κ2) is 6.19. The number of aryl methyl sites for hydroxylation is 2. The smallest absolute Gasteiger partial charge is 0.275 e. The van der Waals surface area contributed by atoms with E-state index in [1.807, 2.05) is 19.9 Å². The molecule has 23 heavy (non-hydrogen) atoms. The quantitative estimate of drug-likeness (QED) is 0.792. The zero-order chi connectivity index (χ0) is 16.6. The van der Waals surface area contributed by atoms with E-state index in [-0.39, 0.29) is 12.2 Å². The van der Waals surface area contributed by atoms with Crippen molar-refractivity contribution in [3.05, 3.63) is 40.1 Å².